The minimum absolute atomic E-state index is 0.161. The van der Waals surface area contributed by atoms with Crippen molar-refractivity contribution in [1.82, 2.24) is 15.1 Å². The van der Waals surface area contributed by atoms with Crippen LogP contribution in [0.4, 0.5) is 9.18 Å². The lowest BCUT2D eigenvalue weighted by molar-refractivity contribution is -0.132. The average Bonchev–Trinajstić information content (AvgIpc) is 3.25. The van der Waals surface area contributed by atoms with Crippen LogP contribution in [0.3, 0.4) is 0 Å². The Balaban J connectivity index is 1.65. The summed E-state index contributed by atoms with van der Waals surface area (Å²) >= 11 is 0. The summed E-state index contributed by atoms with van der Waals surface area (Å²) in [6.07, 6.45) is 1.96. The zero-order valence-electron chi connectivity index (χ0n) is 12.8. The predicted octanol–water partition coefficient (Wildman–Crippen LogP) is 1.94. The molecule has 0 unspecified atom stereocenters. The van der Waals surface area contributed by atoms with E-state index in [2.05, 4.69) is 5.32 Å². The molecule has 1 aliphatic heterocycles. The number of nitrogens with zero attached hydrogens (tertiary/aromatic N) is 2. The number of carbonyl (C=O) groups is 2. The molecule has 1 aromatic carbocycles. The molecular formula is C16H20FN3O2. The van der Waals surface area contributed by atoms with Crippen molar-refractivity contribution in [2.75, 3.05) is 13.7 Å². The first kappa shape index (κ1) is 15.0. The minimum atomic E-state index is -0.753. The fourth-order valence-electron chi connectivity index (χ4n) is 3.02. The summed E-state index contributed by atoms with van der Waals surface area (Å²) in [6, 6.07) is 5.97. The van der Waals surface area contributed by atoms with Crippen LogP contribution in [-0.4, -0.2) is 41.0 Å². The van der Waals surface area contributed by atoms with Crippen molar-refractivity contribution in [1.29, 1.82) is 0 Å². The predicted molar refractivity (Wildman–Crippen MR) is 79.2 cm³/mol. The number of carbonyl (C=O) groups excluding carboxylic acids is 2. The van der Waals surface area contributed by atoms with Crippen LogP contribution in [0.15, 0.2) is 24.3 Å². The van der Waals surface area contributed by atoms with Gasteiger partial charge in [0.25, 0.3) is 5.91 Å². The number of imide groups is 1. The van der Waals surface area contributed by atoms with E-state index in [-0.39, 0.29) is 30.3 Å². The van der Waals surface area contributed by atoms with Gasteiger partial charge in [-0.15, -0.1) is 0 Å². The maximum Gasteiger partial charge on any atom is 0.326 e. The monoisotopic (exact) mass is 305 g/mol. The van der Waals surface area contributed by atoms with E-state index < -0.39 is 5.54 Å². The lowest BCUT2D eigenvalue weighted by Crippen LogP contribution is -2.46. The quantitative estimate of drug-likeness (QED) is 0.846. The molecule has 22 heavy (non-hydrogen) atoms. The fourth-order valence-corrected chi connectivity index (χ4v) is 3.02. The molecule has 0 aromatic heterocycles. The van der Waals surface area contributed by atoms with E-state index in [0.717, 1.165) is 18.4 Å². The number of benzene rings is 1. The van der Waals surface area contributed by atoms with Crippen molar-refractivity contribution in [2.24, 2.45) is 5.92 Å². The second-order valence-electron chi connectivity index (χ2n) is 6.43. The Morgan fingerprint density at radius 2 is 2.14 bits per heavy atom. The summed E-state index contributed by atoms with van der Waals surface area (Å²) in [7, 11) is 1.80. The first-order valence-electron chi connectivity index (χ1n) is 7.47. The Morgan fingerprint density at radius 1 is 1.41 bits per heavy atom. The molecule has 1 saturated heterocycles. The van der Waals surface area contributed by atoms with Crippen molar-refractivity contribution in [2.45, 2.75) is 31.8 Å². The fraction of sp³-hybridized carbons (Fsp3) is 0.500. The highest BCUT2D eigenvalue weighted by atomic mass is 19.1. The number of urea groups is 1. The van der Waals surface area contributed by atoms with Crippen LogP contribution in [0.25, 0.3) is 0 Å². The van der Waals surface area contributed by atoms with Gasteiger partial charge in [0.1, 0.15) is 11.4 Å². The van der Waals surface area contributed by atoms with Crippen molar-refractivity contribution in [3.63, 3.8) is 0 Å². The molecule has 5 nitrogen and oxygen atoms in total. The summed E-state index contributed by atoms with van der Waals surface area (Å²) < 4.78 is 13.2. The van der Waals surface area contributed by atoms with Gasteiger partial charge in [0.05, 0.1) is 6.67 Å². The van der Waals surface area contributed by atoms with Gasteiger partial charge in [0.15, 0.2) is 0 Å². The van der Waals surface area contributed by atoms with E-state index in [0.29, 0.717) is 6.54 Å². The maximum atomic E-state index is 13.2. The van der Waals surface area contributed by atoms with Crippen LogP contribution >= 0.6 is 0 Å². The third-order valence-electron chi connectivity index (χ3n) is 4.42. The van der Waals surface area contributed by atoms with E-state index in [9.17, 15) is 14.0 Å². The summed E-state index contributed by atoms with van der Waals surface area (Å²) in [5.74, 6) is -0.198. The summed E-state index contributed by atoms with van der Waals surface area (Å²) in [5, 5.41) is 2.82. The number of hydrogen-bond acceptors (Lipinski definition) is 3. The Kier molecular flexibility index (Phi) is 3.64. The molecule has 2 fully saturated rings. The molecule has 3 rings (SSSR count). The third kappa shape index (κ3) is 2.70. The molecule has 6 heteroatoms. The Morgan fingerprint density at radius 3 is 2.77 bits per heavy atom. The largest absolute Gasteiger partial charge is 0.326 e. The number of nitrogens with one attached hydrogen (secondary N) is 1. The molecule has 1 saturated carbocycles. The molecule has 0 bridgehead atoms. The maximum absolute atomic E-state index is 13.2. The van der Waals surface area contributed by atoms with Crippen molar-refractivity contribution >= 4 is 11.9 Å². The lowest BCUT2D eigenvalue weighted by atomic mass is 9.96. The minimum Gasteiger partial charge on any atom is -0.323 e. The van der Waals surface area contributed by atoms with E-state index in [1.165, 1.54) is 17.0 Å². The molecule has 1 aromatic rings. The highest BCUT2D eigenvalue weighted by molar-refractivity contribution is 6.07. The molecular weight excluding hydrogens is 285 g/mol. The zero-order chi connectivity index (χ0) is 15.9. The van der Waals surface area contributed by atoms with Crippen molar-refractivity contribution < 1.29 is 14.0 Å². The second-order valence-corrected chi connectivity index (χ2v) is 6.43. The van der Waals surface area contributed by atoms with Crippen LogP contribution in [0.5, 0.6) is 0 Å². The highest BCUT2D eigenvalue weighted by Crippen LogP contribution is 2.42. The molecule has 1 N–H and O–H groups in total. The average molecular weight is 305 g/mol. The van der Waals surface area contributed by atoms with Crippen LogP contribution in [-0.2, 0) is 11.3 Å². The molecule has 3 amide bonds. The third-order valence-corrected chi connectivity index (χ3v) is 4.42. The van der Waals surface area contributed by atoms with Gasteiger partial charge in [-0.05, 0) is 50.4 Å². The van der Waals surface area contributed by atoms with E-state index in [1.54, 1.807) is 20.0 Å². The summed E-state index contributed by atoms with van der Waals surface area (Å²) in [5.41, 5.74) is 0.0519. The SMILES string of the molecule is CN(Cc1cccc(F)c1)CN1C(=O)N[C@@](C)(C2CC2)C1=O. The highest BCUT2D eigenvalue weighted by Gasteiger charge is 2.56. The van der Waals surface area contributed by atoms with Gasteiger partial charge in [0.2, 0.25) is 0 Å². The van der Waals surface area contributed by atoms with Crippen LogP contribution < -0.4 is 5.32 Å². The van der Waals surface area contributed by atoms with Gasteiger partial charge >= 0.3 is 6.03 Å². The standard InChI is InChI=1S/C16H20FN3O2/c1-16(12-6-7-12)14(21)20(15(22)18-16)10-19(2)9-11-4-3-5-13(17)8-11/h3-5,8,12H,6-7,9-10H2,1-2H3,(H,18,22)/t16-/m0/s1. The molecule has 1 aliphatic carbocycles. The van der Waals surface area contributed by atoms with Crippen LogP contribution in [0.2, 0.25) is 0 Å². The van der Waals surface area contributed by atoms with Gasteiger partial charge < -0.3 is 5.32 Å². The normalized spacial score (nSPS) is 25.0. The van der Waals surface area contributed by atoms with Crippen LogP contribution in [0.1, 0.15) is 25.3 Å². The number of halogens is 1. The van der Waals surface area contributed by atoms with Crippen molar-refractivity contribution in [3.05, 3.63) is 35.6 Å². The zero-order valence-corrected chi connectivity index (χ0v) is 12.8. The number of hydrogen-bond donors (Lipinski definition) is 1. The molecule has 2 aliphatic rings. The Bertz CT molecular complexity index is 617. The van der Waals surface area contributed by atoms with E-state index >= 15 is 0 Å². The first-order valence-corrected chi connectivity index (χ1v) is 7.47. The van der Waals surface area contributed by atoms with Gasteiger partial charge in [0, 0.05) is 6.54 Å². The topological polar surface area (TPSA) is 52.6 Å². The van der Waals surface area contributed by atoms with E-state index in [4.69, 9.17) is 0 Å². The summed E-state index contributed by atoms with van der Waals surface area (Å²) in [4.78, 5) is 27.7. The summed E-state index contributed by atoms with van der Waals surface area (Å²) in [6.45, 7) is 2.47. The van der Waals surface area contributed by atoms with Crippen LogP contribution in [0, 0.1) is 11.7 Å². The number of amides is 3. The first-order chi connectivity index (χ1) is 10.4. The van der Waals surface area contributed by atoms with Gasteiger partial charge in [-0.3, -0.25) is 9.69 Å². The Labute approximate surface area is 129 Å². The molecule has 0 spiro atoms. The Hall–Kier alpha value is -1.95. The second kappa shape index (κ2) is 5.35. The smallest absolute Gasteiger partial charge is 0.323 e. The van der Waals surface area contributed by atoms with Gasteiger partial charge in [-0.1, -0.05) is 12.1 Å². The van der Waals surface area contributed by atoms with E-state index in [1.807, 2.05) is 11.0 Å². The number of rotatable bonds is 5. The lowest BCUT2D eigenvalue weighted by Gasteiger charge is -2.24. The molecule has 118 valence electrons. The van der Waals surface area contributed by atoms with Gasteiger partial charge in [-0.2, -0.15) is 0 Å². The molecule has 1 heterocycles. The molecule has 0 radical (unpaired) electrons. The van der Waals surface area contributed by atoms with Gasteiger partial charge in [-0.25, -0.2) is 14.1 Å². The molecule has 1 atom stereocenters. The van der Waals surface area contributed by atoms with Crippen molar-refractivity contribution in [3.8, 4) is 0 Å².